The molecule has 9 heteroatoms. The lowest BCUT2D eigenvalue weighted by Crippen LogP contribution is -2.23. The SMILES string of the molecule is CNC(=O)Cn1cc(NC(=O)c2n[nH]c(C(C)C)n2)cn1. The van der Waals surface area contributed by atoms with Gasteiger partial charge in [0.05, 0.1) is 11.9 Å². The highest BCUT2D eigenvalue weighted by Gasteiger charge is 2.15. The van der Waals surface area contributed by atoms with Gasteiger partial charge in [0.15, 0.2) is 0 Å². The fraction of sp³-hybridized carbons (Fsp3) is 0.417. The van der Waals surface area contributed by atoms with Crippen LogP contribution >= 0.6 is 0 Å². The van der Waals surface area contributed by atoms with Gasteiger partial charge < -0.3 is 10.6 Å². The summed E-state index contributed by atoms with van der Waals surface area (Å²) in [6.45, 7) is 3.99. The number of aromatic amines is 1. The predicted octanol–water partition coefficient (Wildman–Crippen LogP) is 0.123. The second kappa shape index (κ2) is 6.16. The van der Waals surface area contributed by atoms with E-state index < -0.39 is 5.91 Å². The summed E-state index contributed by atoms with van der Waals surface area (Å²) in [5.74, 6) is 0.270. The van der Waals surface area contributed by atoms with Crippen LogP contribution in [0.15, 0.2) is 12.4 Å². The van der Waals surface area contributed by atoms with E-state index in [0.717, 1.165) is 0 Å². The summed E-state index contributed by atoms with van der Waals surface area (Å²) in [4.78, 5) is 27.3. The lowest BCUT2D eigenvalue weighted by Gasteiger charge is -1.99. The highest BCUT2D eigenvalue weighted by molar-refractivity contribution is 6.01. The van der Waals surface area contributed by atoms with Crippen LogP contribution in [0.4, 0.5) is 5.69 Å². The van der Waals surface area contributed by atoms with Crippen molar-refractivity contribution in [1.29, 1.82) is 0 Å². The lowest BCUT2D eigenvalue weighted by atomic mass is 10.2. The Bertz CT molecular complexity index is 644. The normalized spacial score (nSPS) is 10.7. The van der Waals surface area contributed by atoms with Gasteiger partial charge >= 0.3 is 0 Å². The minimum atomic E-state index is -0.433. The molecule has 0 aromatic carbocycles. The van der Waals surface area contributed by atoms with Crippen molar-refractivity contribution in [2.45, 2.75) is 26.3 Å². The van der Waals surface area contributed by atoms with Crippen molar-refractivity contribution in [3.63, 3.8) is 0 Å². The second-order valence-corrected chi connectivity index (χ2v) is 4.75. The van der Waals surface area contributed by atoms with E-state index in [-0.39, 0.29) is 24.2 Å². The number of rotatable bonds is 5. The minimum Gasteiger partial charge on any atom is -0.358 e. The number of carbonyl (C=O) groups is 2. The average Bonchev–Trinajstić information content (AvgIpc) is 3.07. The Hall–Kier alpha value is -2.71. The molecule has 2 heterocycles. The predicted molar refractivity (Wildman–Crippen MR) is 74.7 cm³/mol. The zero-order chi connectivity index (χ0) is 15.4. The maximum absolute atomic E-state index is 12.0. The highest BCUT2D eigenvalue weighted by atomic mass is 16.2. The molecule has 0 atom stereocenters. The fourth-order valence-corrected chi connectivity index (χ4v) is 1.56. The molecule has 0 saturated heterocycles. The Balaban J connectivity index is 2.00. The molecular weight excluding hydrogens is 274 g/mol. The van der Waals surface area contributed by atoms with Crippen LogP contribution in [0.3, 0.4) is 0 Å². The maximum Gasteiger partial charge on any atom is 0.295 e. The van der Waals surface area contributed by atoms with Crippen molar-refractivity contribution in [3.05, 3.63) is 24.0 Å². The fourth-order valence-electron chi connectivity index (χ4n) is 1.56. The number of aromatic nitrogens is 5. The van der Waals surface area contributed by atoms with Crippen molar-refractivity contribution in [3.8, 4) is 0 Å². The number of hydrogen-bond donors (Lipinski definition) is 3. The van der Waals surface area contributed by atoms with E-state index in [2.05, 4.69) is 30.9 Å². The second-order valence-electron chi connectivity index (χ2n) is 4.75. The molecule has 0 aliphatic rings. The van der Waals surface area contributed by atoms with Crippen molar-refractivity contribution in [2.75, 3.05) is 12.4 Å². The van der Waals surface area contributed by atoms with Gasteiger partial charge in [-0.3, -0.25) is 19.4 Å². The maximum atomic E-state index is 12.0. The Morgan fingerprint density at radius 2 is 2.19 bits per heavy atom. The quantitative estimate of drug-likeness (QED) is 0.723. The summed E-state index contributed by atoms with van der Waals surface area (Å²) in [6, 6.07) is 0. The third-order valence-electron chi connectivity index (χ3n) is 2.73. The van der Waals surface area contributed by atoms with Crippen LogP contribution in [-0.4, -0.2) is 43.8 Å². The Morgan fingerprint density at radius 1 is 1.43 bits per heavy atom. The first kappa shape index (κ1) is 14.7. The van der Waals surface area contributed by atoms with Crippen LogP contribution in [0, 0.1) is 0 Å². The molecule has 2 amide bonds. The third kappa shape index (κ3) is 3.65. The smallest absolute Gasteiger partial charge is 0.295 e. The van der Waals surface area contributed by atoms with Gasteiger partial charge in [-0.1, -0.05) is 13.8 Å². The summed E-state index contributed by atoms with van der Waals surface area (Å²) in [6.07, 6.45) is 3.01. The first-order valence-corrected chi connectivity index (χ1v) is 6.46. The minimum absolute atomic E-state index is 0.0674. The van der Waals surface area contributed by atoms with E-state index in [1.165, 1.54) is 10.9 Å². The topological polar surface area (TPSA) is 118 Å². The third-order valence-corrected chi connectivity index (χ3v) is 2.73. The lowest BCUT2D eigenvalue weighted by molar-refractivity contribution is -0.121. The number of nitrogens with one attached hydrogen (secondary N) is 3. The van der Waals surface area contributed by atoms with Gasteiger partial charge in [0.1, 0.15) is 12.4 Å². The zero-order valence-electron chi connectivity index (χ0n) is 12.0. The van der Waals surface area contributed by atoms with Gasteiger partial charge in [-0.15, -0.1) is 5.10 Å². The molecule has 0 aliphatic heterocycles. The van der Waals surface area contributed by atoms with E-state index in [0.29, 0.717) is 11.5 Å². The monoisotopic (exact) mass is 291 g/mol. The van der Waals surface area contributed by atoms with Crippen LogP contribution < -0.4 is 10.6 Å². The molecule has 0 aliphatic carbocycles. The Labute approximate surface area is 121 Å². The van der Waals surface area contributed by atoms with Gasteiger partial charge in [-0.05, 0) is 0 Å². The number of hydrogen-bond acceptors (Lipinski definition) is 5. The highest BCUT2D eigenvalue weighted by Crippen LogP contribution is 2.10. The van der Waals surface area contributed by atoms with Crippen LogP contribution in [0.25, 0.3) is 0 Å². The van der Waals surface area contributed by atoms with Crippen molar-refractivity contribution < 1.29 is 9.59 Å². The van der Waals surface area contributed by atoms with Crippen molar-refractivity contribution >= 4 is 17.5 Å². The van der Waals surface area contributed by atoms with Gasteiger partial charge in [0.2, 0.25) is 11.7 Å². The summed E-state index contributed by atoms with van der Waals surface area (Å²) < 4.78 is 1.42. The van der Waals surface area contributed by atoms with Crippen molar-refractivity contribution in [1.82, 2.24) is 30.3 Å². The molecule has 2 aromatic heterocycles. The molecule has 0 saturated carbocycles. The van der Waals surface area contributed by atoms with Crippen LogP contribution in [-0.2, 0) is 11.3 Å². The molecule has 0 fully saturated rings. The largest absolute Gasteiger partial charge is 0.358 e. The first-order valence-electron chi connectivity index (χ1n) is 6.46. The van der Waals surface area contributed by atoms with Crippen LogP contribution in [0.2, 0.25) is 0 Å². The van der Waals surface area contributed by atoms with Gasteiger partial charge in [0, 0.05) is 19.2 Å². The number of carbonyl (C=O) groups excluding carboxylic acids is 2. The Kier molecular flexibility index (Phi) is 4.31. The molecular formula is C12H17N7O2. The molecule has 0 unspecified atom stereocenters. The molecule has 0 bridgehead atoms. The molecule has 21 heavy (non-hydrogen) atoms. The van der Waals surface area contributed by atoms with E-state index in [4.69, 9.17) is 0 Å². The number of likely N-dealkylation sites (N-methyl/N-ethyl adjacent to an activating group) is 1. The summed E-state index contributed by atoms with van der Waals surface area (Å²) >= 11 is 0. The molecule has 3 N–H and O–H groups in total. The molecule has 9 nitrogen and oxygen atoms in total. The first-order chi connectivity index (χ1) is 9.99. The molecule has 2 aromatic rings. The molecule has 0 spiro atoms. The Morgan fingerprint density at radius 3 is 2.81 bits per heavy atom. The van der Waals surface area contributed by atoms with Crippen LogP contribution in [0.5, 0.6) is 0 Å². The standard InChI is InChI=1S/C12H17N7O2/c1-7(2)10-16-11(18-17-10)12(21)15-8-4-14-19(5-8)6-9(20)13-3/h4-5,7H,6H2,1-3H3,(H,13,20)(H,15,21)(H,16,17,18). The number of anilines is 1. The summed E-state index contributed by atoms with van der Waals surface area (Å²) in [7, 11) is 1.55. The number of H-pyrrole nitrogens is 1. The molecule has 2 rings (SSSR count). The van der Waals surface area contributed by atoms with Gasteiger partial charge in [-0.25, -0.2) is 4.98 Å². The van der Waals surface area contributed by atoms with Crippen molar-refractivity contribution in [2.24, 2.45) is 0 Å². The van der Waals surface area contributed by atoms with E-state index in [9.17, 15) is 9.59 Å². The molecule has 112 valence electrons. The van der Waals surface area contributed by atoms with E-state index in [1.807, 2.05) is 13.8 Å². The summed E-state index contributed by atoms with van der Waals surface area (Å²) in [5, 5.41) is 15.7. The van der Waals surface area contributed by atoms with E-state index >= 15 is 0 Å². The zero-order valence-corrected chi connectivity index (χ0v) is 12.0. The average molecular weight is 291 g/mol. The number of amides is 2. The van der Waals surface area contributed by atoms with Gasteiger partial charge in [-0.2, -0.15) is 5.10 Å². The number of nitrogens with zero attached hydrogens (tertiary/aromatic N) is 4. The van der Waals surface area contributed by atoms with Gasteiger partial charge in [0.25, 0.3) is 5.91 Å². The summed E-state index contributed by atoms with van der Waals surface area (Å²) in [5.41, 5.74) is 0.472. The molecule has 0 radical (unpaired) electrons. The van der Waals surface area contributed by atoms with E-state index in [1.54, 1.807) is 13.2 Å². The van der Waals surface area contributed by atoms with Crippen LogP contribution in [0.1, 0.15) is 36.2 Å².